The van der Waals surface area contributed by atoms with Gasteiger partial charge in [0.2, 0.25) is 5.95 Å². The van der Waals surface area contributed by atoms with Crippen LogP contribution in [0.15, 0.2) is 79.0 Å². The van der Waals surface area contributed by atoms with Crippen LogP contribution in [-0.4, -0.2) is 4.98 Å². The van der Waals surface area contributed by atoms with E-state index in [2.05, 4.69) is 4.98 Å². The maximum Gasteiger partial charge on any atom is 0.212 e. The van der Waals surface area contributed by atoms with Gasteiger partial charge in [0.1, 0.15) is 0 Å². The lowest BCUT2D eigenvalue weighted by molar-refractivity contribution is 0.583. The molecule has 1 heterocycles. The maximum absolute atomic E-state index is 13.8. The Morgan fingerprint density at radius 2 is 1.24 bits per heavy atom. The molecule has 2 nitrogen and oxygen atoms in total. The van der Waals surface area contributed by atoms with E-state index in [0.717, 1.165) is 0 Å². The fourth-order valence-electron chi connectivity index (χ4n) is 2.28. The lowest BCUT2D eigenvalue weighted by Gasteiger charge is -2.19. The van der Waals surface area contributed by atoms with E-state index in [0.29, 0.717) is 15.9 Å². The van der Waals surface area contributed by atoms with Gasteiger partial charge in [-0.2, -0.15) is 4.39 Å². The van der Waals surface area contributed by atoms with Crippen LogP contribution < -0.4 is 15.9 Å². The SMILES string of the molecule is O=P(c1ccccc1)(c1ccccc1)c1ccc(F)nc1. The van der Waals surface area contributed by atoms with E-state index in [9.17, 15) is 8.96 Å². The summed E-state index contributed by atoms with van der Waals surface area (Å²) in [5.74, 6) is -0.577. The normalized spacial score (nSPS) is 11.3. The highest BCUT2D eigenvalue weighted by molar-refractivity contribution is 7.85. The molecule has 3 aromatic rings. The molecule has 4 heteroatoms. The van der Waals surface area contributed by atoms with Crippen LogP contribution in [0.25, 0.3) is 0 Å². The van der Waals surface area contributed by atoms with Crippen LogP contribution in [0.2, 0.25) is 0 Å². The molecule has 0 unspecified atom stereocenters. The summed E-state index contributed by atoms with van der Waals surface area (Å²) in [4.78, 5) is 3.66. The van der Waals surface area contributed by atoms with Gasteiger partial charge in [0.05, 0.1) is 0 Å². The molecule has 0 fully saturated rings. The van der Waals surface area contributed by atoms with Gasteiger partial charge in [-0.15, -0.1) is 0 Å². The van der Waals surface area contributed by atoms with Gasteiger partial charge in [-0.3, -0.25) is 0 Å². The summed E-state index contributed by atoms with van der Waals surface area (Å²) in [5.41, 5.74) is 0. The molecule has 0 aliphatic heterocycles. The summed E-state index contributed by atoms with van der Waals surface area (Å²) >= 11 is 0. The first-order chi connectivity index (χ1) is 10.2. The molecular weight excluding hydrogens is 284 g/mol. The summed E-state index contributed by atoms with van der Waals surface area (Å²) in [6, 6.07) is 21.3. The number of rotatable bonds is 3. The second kappa shape index (κ2) is 5.63. The van der Waals surface area contributed by atoms with Crippen LogP contribution in [0.5, 0.6) is 0 Å². The third kappa shape index (κ3) is 2.53. The minimum Gasteiger partial charge on any atom is -0.309 e. The zero-order chi connectivity index (χ0) is 14.7. The molecule has 0 aliphatic rings. The van der Waals surface area contributed by atoms with E-state index in [1.807, 2.05) is 60.7 Å². The van der Waals surface area contributed by atoms with Crippen molar-refractivity contribution in [2.45, 2.75) is 0 Å². The Hall–Kier alpha value is -2.25. The fourth-order valence-corrected chi connectivity index (χ4v) is 4.86. The van der Waals surface area contributed by atoms with Gasteiger partial charge in [0.25, 0.3) is 0 Å². The predicted molar refractivity (Wildman–Crippen MR) is 83.6 cm³/mol. The Balaban J connectivity index is 2.26. The Labute approximate surface area is 122 Å². The molecule has 0 radical (unpaired) electrons. The number of hydrogen-bond acceptors (Lipinski definition) is 2. The molecule has 0 N–H and O–H groups in total. The number of aromatic nitrogens is 1. The second-order valence-corrected chi connectivity index (χ2v) is 7.39. The minimum atomic E-state index is -3.03. The molecule has 1 aromatic heterocycles. The van der Waals surface area contributed by atoms with Gasteiger partial charge in [-0.1, -0.05) is 60.7 Å². The largest absolute Gasteiger partial charge is 0.309 e. The van der Waals surface area contributed by atoms with Crippen LogP contribution >= 0.6 is 7.14 Å². The minimum absolute atomic E-state index is 0.529. The van der Waals surface area contributed by atoms with Crippen LogP contribution in [0.1, 0.15) is 0 Å². The number of pyridine rings is 1. The zero-order valence-electron chi connectivity index (χ0n) is 11.2. The first kappa shape index (κ1) is 13.7. The van der Waals surface area contributed by atoms with E-state index in [-0.39, 0.29) is 0 Å². The lowest BCUT2D eigenvalue weighted by Crippen LogP contribution is -2.25. The van der Waals surface area contributed by atoms with Crippen LogP contribution in [0.3, 0.4) is 0 Å². The van der Waals surface area contributed by atoms with Crippen molar-refractivity contribution in [3.8, 4) is 0 Å². The molecule has 21 heavy (non-hydrogen) atoms. The zero-order valence-corrected chi connectivity index (χ0v) is 12.1. The fraction of sp³-hybridized carbons (Fsp3) is 0. The lowest BCUT2D eigenvalue weighted by atomic mass is 10.4. The molecule has 0 saturated carbocycles. The van der Waals surface area contributed by atoms with Crippen LogP contribution in [0, 0.1) is 5.95 Å². The molecule has 0 saturated heterocycles. The van der Waals surface area contributed by atoms with Crippen molar-refractivity contribution in [1.29, 1.82) is 0 Å². The summed E-state index contributed by atoms with van der Waals surface area (Å²) < 4.78 is 26.8. The van der Waals surface area contributed by atoms with Crippen LogP contribution in [0.4, 0.5) is 4.39 Å². The van der Waals surface area contributed by atoms with Crippen molar-refractivity contribution in [3.05, 3.63) is 84.9 Å². The van der Waals surface area contributed by atoms with Gasteiger partial charge in [0.15, 0.2) is 7.14 Å². The number of benzene rings is 2. The number of hydrogen-bond donors (Lipinski definition) is 0. The standard InChI is InChI=1S/C17H13FNOP/c18-17-12-11-16(13-19-17)21(20,14-7-3-1-4-8-14)15-9-5-2-6-10-15/h1-13H. The third-order valence-corrected chi connectivity index (χ3v) is 6.36. The van der Waals surface area contributed by atoms with Crippen molar-refractivity contribution in [2.24, 2.45) is 0 Å². The molecular formula is C17H13FNOP. The monoisotopic (exact) mass is 297 g/mol. The molecule has 0 aliphatic carbocycles. The third-order valence-electron chi connectivity index (χ3n) is 3.31. The van der Waals surface area contributed by atoms with E-state index in [1.54, 1.807) is 6.07 Å². The van der Waals surface area contributed by atoms with Crippen LogP contribution in [-0.2, 0) is 4.57 Å². The van der Waals surface area contributed by atoms with Gasteiger partial charge in [0, 0.05) is 22.1 Å². The van der Waals surface area contributed by atoms with Crippen molar-refractivity contribution in [2.75, 3.05) is 0 Å². The quantitative estimate of drug-likeness (QED) is 0.549. The molecule has 0 atom stereocenters. The predicted octanol–water partition coefficient (Wildman–Crippen LogP) is 2.86. The van der Waals surface area contributed by atoms with Gasteiger partial charge in [-0.25, -0.2) is 4.98 Å². The number of halogens is 1. The summed E-state index contributed by atoms with van der Waals surface area (Å²) in [6.07, 6.45) is 1.36. The molecule has 2 aromatic carbocycles. The Bertz CT molecular complexity index is 729. The Kier molecular flexibility index (Phi) is 3.68. The average molecular weight is 297 g/mol. The van der Waals surface area contributed by atoms with Gasteiger partial charge >= 0.3 is 0 Å². The highest BCUT2D eigenvalue weighted by atomic mass is 31.2. The van der Waals surface area contributed by atoms with E-state index in [1.165, 1.54) is 12.3 Å². The number of nitrogens with zero attached hydrogens (tertiary/aromatic N) is 1. The first-order valence-electron chi connectivity index (χ1n) is 6.54. The molecule has 0 amide bonds. The van der Waals surface area contributed by atoms with E-state index >= 15 is 0 Å². The molecule has 3 rings (SSSR count). The summed E-state index contributed by atoms with van der Waals surface area (Å²) in [6.45, 7) is 0. The maximum atomic E-state index is 13.8. The van der Waals surface area contributed by atoms with E-state index in [4.69, 9.17) is 0 Å². The highest BCUT2D eigenvalue weighted by Crippen LogP contribution is 2.41. The van der Waals surface area contributed by atoms with E-state index < -0.39 is 13.1 Å². The van der Waals surface area contributed by atoms with Crippen molar-refractivity contribution in [3.63, 3.8) is 0 Å². The molecule has 0 spiro atoms. The molecule has 104 valence electrons. The van der Waals surface area contributed by atoms with Crippen molar-refractivity contribution in [1.82, 2.24) is 4.98 Å². The Morgan fingerprint density at radius 1 is 0.714 bits per heavy atom. The average Bonchev–Trinajstić information content (AvgIpc) is 2.56. The molecule has 0 bridgehead atoms. The first-order valence-corrected chi connectivity index (χ1v) is 8.25. The Morgan fingerprint density at radius 3 is 1.67 bits per heavy atom. The second-order valence-electron chi connectivity index (χ2n) is 4.62. The topological polar surface area (TPSA) is 30.0 Å². The highest BCUT2D eigenvalue weighted by Gasteiger charge is 2.29. The summed E-state index contributed by atoms with van der Waals surface area (Å²) in [7, 11) is -3.03. The summed E-state index contributed by atoms with van der Waals surface area (Å²) in [5, 5.41) is 1.95. The van der Waals surface area contributed by atoms with Gasteiger partial charge < -0.3 is 4.57 Å². The van der Waals surface area contributed by atoms with Crippen molar-refractivity contribution >= 4 is 23.1 Å². The van der Waals surface area contributed by atoms with Crippen molar-refractivity contribution < 1.29 is 8.96 Å². The van der Waals surface area contributed by atoms with Gasteiger partial charge in [-0.05, 0) is 12.1 Å². The smallest absolute Gasteiger partial charge is 0.212 e.